The van der Waals surface area contributed by atoms with Gasteiger partial charge in [0.2, 0.25) is 0 Å². The van der Waals surface area contributed by atoms with Crippen LogP contribution in [-0.4, -0.2) is 51.3 Å². The van der Waals surface area contributed by atoms with E-state index in [0.29, 0.717) is 6.54 Å². The van der Waals surface area contributed by atoms with Gasteiger partial charge >= 0.3 is 8.25 Å². The van der Waals surface area contributed by atoms with Crippen molar-refractivity contribution in [1.82, 2.24) is 16.0 Å². The van der Waals surface area contributed by atoms with E-state index in [-0.39, 0.29) is 0 Å². The lowest BCUT2D eigenvalue weighted by molar-refractivity contribution is 0.343. The van der Waals surface area contributed by atoms with Gasteiger partial charge in [0.1, 0.15) is 0 Å². The summed E-state index contributed by atoms with van der Waals surface area (Å²) in [7, 11) is -1.18. The highest BCUT2D eigenvalue weighted by Gasteiger charge is 2.02. The lowest BCUT2D eigenvalue weighted by Crippen LogP contribution is -2.33. The molecule has 0 spiro atoms. The second kappa shape index (κ2) is 17.8. The minimum Gasteiger partial charge on any atom is -0.390 e. The molecular weight excluding hydrogens is 243 g/mol. The van der Waals surface area contributed by atoms with Crippen molar-refractivity contribution < 1.29 is 14.0 Å². The predicted molar refractivity (Wildman–Crippen MR) is 69.8 cm³/mol. The van der Waals surface area contributed by atoms with Gasteiger partial charge in [-0.3, -0.25) is 0 Å². The predicted octanol–water partition coefficient (Wildman–Crippen LogP) is -0.860. The third-order valence-electron chi connectivity index (χ3n) is 1.55. The second-order valence-electron chi connectivity index (χ2n) is 2.87. The van der Waals surface area contributed by atoms with Crippen LogP contribution >= 0.6 is 8.25 Å². The zero-order valence-corrected chi connectivity index (χ0v) is 11.2. The average molecular weight is 267 g/mol. The van der Waals surface area contributed by atoms with E-state index in [0.717, 1.165) is 32.7 Å². The second-order valence-corrected chi connectivity index (χ2v) is 3.71. The molecule has 102 valence electrons. The van der Waals surface area contributed by atoms with Crippen molar-refractivity contribution in [1.29, 1.82) is 0 Å². The van der Waals surface area contributed by atoms with E-state index < -0.39 is 8.25 Å². The third-order valence-corrected chi connectivity index (χ3v) is 1.86. The molecule has 17 heavy (non-hydrogen) atoms. The lowest BCUT2D eigenvalue weighted by Gasteiger charge is -2.05. The number of hydrogen-bond donors (Lipinski definition) is 5. The van der Waals surface area contributed by atoms with E-state index in [9.17, 15) is 4.57 Å². The van der Waals surface area contributed by atoms with Crippen molar-refractivity contribution in [2.45, 2.75) is 0 Å². The molecule has 8 heteroatoms. The van der Waals surface area contributed by atoms with Gasteiger partial charge in [-0.25, -0.2) is 0 Å². The van der Waals surface area contributed by atoms with E-state index in [2.05, 4.69) is 27.1 Å². The van der Waals surface area contributed by atoms with Crippen LogP contribution in [0, 0.1) is 0 Å². The minimum atomic E-state index is -2.35. The first kappa shape index (κ1) is 18.8. The maximum absolute atomic E-state index is 9.29. The fourth-order valence-electron chi connectivity index (χ4n) is 0.791. The van der Waals surface area contributed by atoms with Crippen LogP contribution in [0.15, 0.2) is 12.8 Å². The highest BCUT2D eigenvalue weighted by molar-refractivity contribution is 7.32. The molecule has 0 aromatic rings. The molecular formula is C9H24N4O3P+. The van der Waals surface area contributed by atoms with Gasteiger partial charge < -0.3 is 21.7 Å². The molecule has 1 atom stereocenters. The van der Waals surface area contributed by atoms with Crippen LogP contribution in [0.3, 0.4) is 0 Å². The molecule has 0 aliphatic heterocycles. The van der Waals surface area contributed by atoms with Crippen LogP contribution in [-0.2, 0) is 9.09 Å². The van der Waals surface area contributed by atoms with Gasteiger partial charge in [0.25, 0.3) is 0 Å². The van der Waals surface area contributed by atoms with E-state index >= 15 is 0 Å². The molecule has 0 aliphatic rings. The summed E-state index contributed by atoms with van der Waals surface area (Å²) < 4.78 is 13.1. The van der Waals surface area contributed by atoms with E-state index in [1.165, 1.54) is 7.11 Å². The SMILES string of the molecule is C=CNCCNCCNCCN.CO[P+](=O)O. The Morgan fingerprint density at radius 2 is 1.76 bits per heavy atom. The zero-order valence-electron chi connectivity index (χ0n) is 10.3. The maximum atomic E-state index is 9.29. The van der Waals surface area contributed by atoms with Crippen molar-refractivity contribution >= 4 is 8.25 Å². The Balaban J connectivity index is 0. The maximum Gasteiger partial charge on any atom is 0.694 e. The van der Waals surface area contributed by atoms with Crippen molar-refractivity contribution in [3.05, 3.63) is 12.8 Å². The molecule has 0 radical (unpaired) electrons. The van der Waals surface area contributed by atoms with E-state index in [1.54, 1.807) is 6.20 Å². The van der Waals surface area contributed by atoms with Crippen LogP contribution in [0.2, 0.25) is 0 Å². The monoisotopic (exact) mass is 267 g/mol. The van der Waals surface area contributed by atoms with Crippen LogP contribution in [0.25, 0.3) is 0 Å². The summed E-state index contributed by atoms with van der Waals surface area (Å²) in [6.45, 7) is 9.02. The first-order valence-electron chi connectivity index (χ1n) is 5.35. The highest BCUT2D eigenvalue weighted by atomic mass is 31.1. The van der Waals surface area contributed by atoms with Crippen LogP contribution < -0.4 is 21.7 Å². The molecule has 6 N–H and O–H groups in total. The average Bonchev–Trinajstić information content (AvgIpc) is 2.33. The Labute approximate surface area is 104 Å². The molecule has 0 heterocycles. The molecule has 0 fully saturated rings. The topological polar surface area (TPSA) is 109 Å². The minimum absolute atomic E-state index is 0.706. The Morgan fingerprint density at radius 3 is 2.18 bits per heavy atom. The largest absolute Gasteiger partial charge is 0.694 e. The van der Waals surface area contributed by atoms with Gasteiger partial charge in [-0.15, -0.1) is 9.42 Å². The summed E-state index contributed by atoms with van der Waals surface area (Å²) in [5.41, 5.74) is 5.30. The van der Waals surface area contributed by atoms with Crippen molar-refractivity contribution in [2.75, 3.05) is 46.4 Å². The Kier molecular flexibility index (Phi) is 19.7. The Hall–Kier alpha value is -0.560. The van der Waals surface area contributed by atoms with Crippen LogP contribution in [0.5, 0.6) is 0 Å². The lowest BCUT2D eigenvalue weighted by atomic mass is 10.5. The smallest absolute Gasteiger partial charge is 0.390 e. The summed E-state index contributed by atoms with van der Waals surface area (Å²) in [6, 6.07) is 0. The van der Waals surface area contributed by atoms with Crippen LogP contribution in [0.1, 0.15) is 0 Å². The van der Waals surface area contributed by atoms with E-state index in [1.807, 2.05) is 0 Å². The standard InChI is InChI=1S/C8H20N4.CH3O3P/c1-2-10-5-6-12-8-7-11-4-3-9;1-4-5(2)3/h2,10-12H,1,3-9H2;1H3/p+1. The number of nitrogens with two attached hydrogens (primary N) is 1. The molecule has 0 rings (SSSR count). The number of nitrogens with one attached hydrogen (secondary N) is 3. The number of rotatable bonds is 10. The summed E-state index contributed by atoms with van der Waals surface area (Å²) in [5, 5.41) is 9.47. The van der Waals surface area contributed by atoms with Gasteiger partial charge in [0, 0.05) is 43.8 Å². The summed E-state index contributed by atoms with van der Waals surface area (Å²) in [4.78, 5) is 7.65. The molecule has 0 amide bonds. The van der Waals surface area contributed by atoms with Crippen molar-refractivity contribution in [2.24, 2.45) is 5.73 Å². The fourth-order valence-corrected chi connectivity index (χ4v) is 0.791. The zero-order chi connectivity index (χ0) is 13.4. The molecule has 0 bridgehead atoms. The van der Waals surface area contributed by atoms with Gasteiger partial charge in [0.15, 0.2) is 0 Å². The number of hydrogen-bond acceptors (Lipinski definition) is 6. The van der Waals surface area contributed by atoms with Gasteiger partial charge in [0.05, 0.1) is 7.11 Å². The summed E-state index contributed by atoms with van der Waals surface area (Å²) in [5.74, 6) is 0. The molecule has 0 aromatic heterocycles. The molecule has 0 aromatic carbocycles. The van der Waals surface area contributed by atoms with Crippen molar-refractivity contribution in [3.8, 4) is 0 Å². The molecule has 1 unspecified atom stereocenters. The van der Waals surface area contributed by atoms with Gasteiger partial charge in [-0.05, 0) is 6.20 Å². The van der Waals surface area contributed by atoms with Gasteiger partial charge in [-0.1, -0.05) is 6.58 Å². The Morgan fingerprint density at radius 1 is 1.29 bits per heavy atom. The van der Waals surface area contributed by atoms with Crippen molar-refractivity contribution in [3.63, 3.8) is 0 Å². The first-order chi connectivity index (χ1) is 8.18. The third kappa shape index (κ3) is 25.6. The van der Waals surface area contributed by atoms with Crippen LogP contribution in [0.4, 0.5) is 0 Å². The van der Waals surface area contributed by atoms with Gasteiger partial charge in [-0.2, -0.15) is 0 Å². The first-order valence-corrected chi connectivity index (χ1v) is 6.48. The molecule has 7 nitrogen and oxygen atoms in total. The highest BCUT2D eigenvalue weighted by Crippen LogP contribution is 2.09. The normalized spacial score (nSPS) is 10.2. The van der Waals surface area contributed by atoms with E-state index in [4.69, 9.17) is 10.6 Å². The summed E-state index contributed by atoms with van der Waals surface area (Å²) >= 11 is 0. The quantitative estimate of drug-likeness (QED) is 0.259. The Bertz CT molecular complexity index is 184. The fraction of sp³-hybridized carbons (Fsp3) is 0.778. The molecule has 0 saturated heterocycles. The molecule has 0 aliphatic carbocycles. The molecule has 0 saturated carbocycles. The summed E-state index contributed by atoms with van der Waals surface area (Å²) in [6.07, 6.45) is 1.70.